The van der Waals surface area contributed by atoms with Crippen molar-refractivity contribution in [3.05, 3.63) is 47.0 Å². The molecule has 1 aliphatic rings. The summed E-state index contributed by atoms with van der Waals surface area (Å²) in [6.07, 6.45) is 8.52. The summed E-state index contributed by atoms with van der Waals surface area (Å²) in [5, 5.41) is 3.07. The van der Waals surface area contributed by atoms with E-state index in [1.807, 2.05) is 0 Å². The Bertz CT molecular complexity index is 626. The zero-order valence-corrected chi connectivity index (χ0v) is 13.5. The third kappa shape index (κ3) is 3.59. The largest absolute Gasteiger partial charge is 0.349 e. The average Bonchev–Trinajstić information content (AvgIpc) is 2.57. The lowest BCUT2D eigenvalue weighted by Crippen LogP contribution is -2.45. The average molecular weight is 362 g/mol. The van der Waals surface area contributed by atoms with Gasteiger partial charge in [0, 0.05) is 49.5 Å². The number of rotatable bonds is 3. The van der Waals surface area contributed by atoms with Crippen molar-refractivity contribution in [2.24, 2.45) is 0 Å². The number of nitrogens with one attached hydrogen (secondary N) is 1. The number of piperidine rings is 1. The molecule has 3 rings (SSSR count). The number of halogens is 1. The lowest BCUT2D eigenvalue weighted by atomic mass is 10.0. The predicted molar refractivity (Wildman–Crippen MR) is 86.7 cm³/mol. The van der Waals surface area contributed by atoms with Crippen LogP contribution in [0.5, 0.6) is 0 Å². The zero-order valence-electron chi connectivity index (χ0n) is 11.9. The lowest BCUT2D eigenvalue weighted by molar-refractivity contribution is 0.0931. The van der Waals surface area contributed by atoms with Gasteiger partial charge in [0.2, 0.25) is 5.95 Å². The van der Waals surface area contributed by atoms with Crippen molar-refractivity contribution in [1.29, 1.82) is 0 Å². The number of pyridine rings is 1. The van der Waals surface area contributed by atoms with E-state index in [-0.39, 0.29) is 11.9 Å². The molecule has 22 heavy (non-hydrogen) atoms. The molecule has 0 aliphatic carbocycles. The standard InChI is InChI=1S/C15H16BrN5O/c16-12-9-18-15(19-10-12)21-7-3-13(4-8-21)20-14(22)11-1-5-17-6-2-11/h1-2,5-6,9-10,13H,3-4,7-8H2,(H,20,22). The van der Waals surface area contributed by atoms with Crippen LogP contribution in [0.25, 0.3) is 0 Å². The first-order valence-electron chi connectivity index (χ1n) is 7.16. The predicted octanol–water partition coefficient (Wildman–Crippen LogP) is 2.03. The molecule has 0 spiro atoms. The van der Waals surface area contributed by atoms with Gasteiger partial charge < -0.3 is 10.2 Å². The summed E-state index contributed by atoms with van der Waals surface area (Å²) < 4.78 is 0.871. The highest BCUT2D eigenvalue weighted by Crippen LogP contribution is 2.17. The van der Waals surface area contributed by atoms with E-state index >= 15 is 0 Å². The maximum atomic E-state index is 12.1. The molecule has 0 atom stereocenters. The Morgan fingerprint density at radius 2 is 1.82 bits per heavy atom. The molecule has 0 saturated carbocycles. The number of carbonyl (C=O) groups excluding carboxylic acids is 1. The van der Waals surface area contributed by atoms with Gasteiger partial charge in [0.25, 0.3) is 5.91 Å². The number of nitrogens with zero attached hydrogens (tertiary/aromatic N) is 4. The number of carbonyl (C=O) groups is 1. The smallest absolute Gasteiger partial charge is 0.251 e. The van der Waals surface area contributed by atoms with E-state index in [0.29, 0.717) is 5.56 Å². The number of anilines is 1. The van der Waals surface area contributed by atoms with E-state index < -0.39 is 0 Å². The Labute approximate surface area is 137 Å². The van der Waals surface area contributed by atoms with Gasteiger partial charge in [-0.05, 0) is 40.9 Å². The van der Waals surface area contributed by atoms with Crippen molar-refractivity contribution >= 4 is 27.8 Å². The number of aromatic nitrogens is 3. The molecule has 1 amide bonds. The molecular formula is C15H16BrN5O. The van der Waals surface area contributed by atoms with Gasteiger partial charge in [0.1, 0.15) is 0 Å². The summed E-state index contributed by atoms with van der Waals surface area (Å²) in [5.41, 5.74) is 0.647. The fraction of sp³-hybridized carbons (Fsp3) is 0.333. The molecule has 2 aromatic heterocycles. The third-order valence-electron chi connectivity index (χ3n) is 3.66. The Hall–Kier alpha value is -2.02. The van der Waals surface area contributed by atoms with Crippen LogP contribution in [0.1, 0.15) is 23.2 Å². The van der Waals surface area contributed by atoms with Crippen LogP contribution in [0.15, 0.2) is 41.4 Å². The lowest BCUT2D eigenvalue weighted by Gasteiger charge is -2.32. The topological polar surface area (TPSA) is 71.0 Å². The fourth-order valence-electron chi connectivity index (χ4n) is 2.46. The zero-order chi connectivity index (χ0) is 15.4. The monoisotopic (exact) mass is 361 g/mol. The van der Waals surface area contributed by atoms with Gasteiger partial charge in [-0.25, -0.2) is 9.97 Å². The van der Waals surface area contributed by atoms with Crippen LogP contribution in [0, 0.1) is 0 Å². The van der Waals surface area contributed by atoms with Crippen LogP contribution >= 0.6 is 15.9 Å². The molecule has 2 aromatic rings. The Morgan fingerprint density at radius 3 is 2.45 bits per heavy atom. The summed E-state index contributed by atoms with van der Waals surface area (Å²) >= 11 is 3.33. The first-order valence-corrected chi connectivity index (χ1v) is 7.95. The van der Waals surface area contributed by atoms with Gasteiger partial charge in [-0.1, -0.05) is 0 Å². The van der Waals surface area contributed by atoms with Crippen molar-refractivity contribution < 1.29 is 4.79 Å². The highest BCUT2D eigenvalue weighted by molar-refractivity contribution is 9.10. The van der Waals surface area contributed by atoms with E-state index in [2.05, 4.69) is 41.1 Å². The maximum absolute atomic E-state index is 12.1. The van der Waals surface area contributed by atoms with E-state index in [1.165, 1.54) is 0 Å². The summed E-state index contributed by atoms with van der Waals surface area (Å²) in [7, 11) is 0. The second-order valence-electron chi connectivity index (χ2n) is 5.17. The second kappa shape index (κ2) is 6.83. The normalized spacial score (nSPS) is 15.6. The van der Waals surface area contributed by atoms with E-state index in [9.17, 15) is 4.79 Å². The van der Waals surface area contributed by atoms with Crippen LogP contribution in [0.2, 0.25) is 0 Å². The quantitative estimate of drug-likeness (QED) is 0.905. The van der Waals surface area contributed by atoms with Crippen molar-refractivity contribution in [3.8, 4) is 0 Å². The van der Waals surface area contributed by atoms with Crippen LogP contribution in [-0.2, 0) is 0 Å². The third-order valence-corrected chi connectivity index (χ3v) is 4.07. The molecular weight excluding hydrogens is 346 g/mol. The molecule has 1 N–H and O–H groups in total. The highest BCUT2D eigenvalue weighted by Gasteiger charge is 2.22. The van der Waals surface area contributed by atoms with Gasteiger partial charge in [-0.2, -0.15) is 0 Å². The van der Waals surface area contributed by atoms with Crippen molar-refractivity contribution in [2.75, 3.05) is 18.0 Å². The summed E-state index contributed by atoms with van der Waals surface area (Å²) in [5.74, 6) is 0.697. The molecule has 1 aliphatic heterocycles. The first kappa shape index (κ1) is 14.9. The molecule has 6 nitrogen and oxygen atoms in total. The van der Waals surface area contributed by atoms with Crippen LogP contribution in [0.3, 0.4) is 0 Å². The van der Waals surface area contributed by atoms with E-state index in [4.69, 9.17) is 0 Å². The van der Waals surface area contributed by atoms with Gasteiger partial charge in [0.05, 0.1) is 4.47 Å². The van der Waals surface area contributed by atoms with Crippen molar-refractivity contribution in [3.63, 3.8) is 0 Å². The number of hydrogen-bond donors (Lipinski definition) is 1. The molecule has 0 bridgehead atoms. The second-order valence-corrected chi connectivity index (χ2v) is 6.09. The number of hydrogen-bond acceptors (Lipinski definition) is 5. The van der Waals surface area contributed by atoms with Crippen molar-refractivity contribution in [1.82, 2.24) is 20.3 Å². The molecule has 0 radical (unpaired) electrons. The van der Waals surface area contributed by atoms with E-state index in [0.717, 1.165) is 36.4 Å². The molecule has 0 unspecified atom stereocenters. The molecule has 1 fully saturated rings. The van der Waals surface area contributed by atoms with Crippen LogP contribution in [-0.4, -0.2) is 40.0 Å². The van der Waals surface area contributed by atoms with Crippen molar-refractivity contribution in [2.45, 2.75) is 18.9 Å². The molecule has 3 heterocycles. The van der Waals surface area contributed by atoms with Gasteiger partial charge in [-0.15, -0.1) is 0 Å². The Kier molecular flexibility index (Phi) is 4.62. The minimum absolute atomic E-state index is 0.0410. The SMILES string of the molecule is O=C(NC1CCN(c2ncc(Br)cn2)CC1)c1ccncc1. The molecule has 7 heteroatoms. The summed E-state index contributed by atoms with van der Waals surface area (Å²) in [6, 6.07) is 3.63. The minimum atomic E-state index is -0.0410. The summed E-state index contributed by atoms with van der Waals surface area (Å²) in [6.45, 7) is 1.67. The maximum Gasteiger partial charge on any atom is 0.251 e. The molecule has 1 saturated heterocycles. The number of amides is 1. The van der Waals surface area contributed by atoms with Gasteiger partial charge in [0.15, 0.2) is 0 Å². The first-order chi connectivity index (χ1) is 10.7. The Balaban J connectivity index is 1.53. The van der Waals surface area contributed by atoms with Crippen LogP contribution in [0.4, 0.5) is 5.95 Å². The molecule has 114 valence electrons. The minimum Gasteiger partial charge on any atom is -0.349 e. The highest BCUT2D eigenvalue weighted by atomic mass is 79.9. The Morgan fingerprint density at radius 1 is 1.18 bits per heavy atom. The van der Waals surface area contributed by atoms with Gasteiger partial charge >= 0.3 is 0 Å². The van der Waals surface area contributed by atoms with E-state index in [1.54, 1.807) is 36.9 Å². The van der Waals surface area contributed by atoms with Gasteiger partial charge in [-0.3, -0.25) is 9.78 Å². The summed E-state index contributed by atoms with van der Waals surface area (Å²) in [4.78, 5) is 26.8. The van der Waals surface area contributed by atoms with Crippen LogP contribution < -0.4 is 10.2 Å². The fourth-order valence-corrected chi connectivity index (χ4v) is 2.67. The molecule has 0 aromatic carbocycles.